The summed E-state index contributed by atoms with van der Waals surface area (Å²) in [5, 5.41) is 10.2. The molecule has 0 fully saturated rings. The molecular weight excluding hydrogens is 203 g/mol. The third kappa shape index (κ3) is 2.82. The normalized spacial score (nSPS) is 15.9. The van der Waals surface area contributed by atoms with Crippen LogP contribution in [0.2, 0.25) is 0 Å². The van der Waals surface area contributed by atoms with E-state index < -0.39 is 5.60 Å². The highest BCUT2D eigenvalue weighted by Crippen LogP contribution is 2.36. The van der Waals surface area contributed by atoms with Crippen LogP contribution >= 0.6 is 0 Å². The second kappa shape index (κ2) is 4.54. The largest absolute Gasteiger partial charge is 0.390 e. The minimum atomic E-state index is -0.818. The minimum absolute atomic E-state index is 0.231. The van der Waals surface area contributed by atoms with Gasteiger partial charge < -0.3 is 5.11 Å². The van der Waals surface area contributed by atoms with Crippen LogP contribution < -0.4 is 0 Å². The molecule has 0 heterocycles. The van der Waals surface area contributed by atoms with E-state index in [1.54, 1.807) is 19.1 Å². The van der Waals surface area contributed by atoms with Crippen LogP contribution in [0, 0.1) is 18.2 Å². The zero-order valence-corrected chi connectivity index (χ0v) is 10.3. The van der Waals surface area contributed by atoms with Gasteiger partial charge in [-0.1, -0.05) is 32.9 Å². The van der Waals surface area contributed by atoms with E-state index in [4.69, 9.17) is 0 Å². The van der Waals surface area contributed by atoms with E-state index in [-0.39, 0.29) is 11.2 Å². The Balaban J connectivity index is 2.84. The van der Waals surface area contributed by atoms with Gasteiger partial charge in [-0.15, -0.1) is 0 Å². The fourth-order valence-electron chi connectivity index (χ4n) is 1.64. The van der Waals surface area contributed by atoms with Gasteiger partial charge in [-0.25, -0.2) is 4.39 Å². The fraction of sp³-hybridized carbons (Fsp3) is 0.500. The maximum atomic E-state index is 12.8. The summed E-state index contributed by atoms with van der Waals surface area (Å²) in [6.45, 7) is 9.57. The molecule has 0 aliphatic rings. The first kappa shape index (κ1) is 13.2. The van der Waals surface area contributed by atoms with Crippen molar-refractivity contribution in [2.24, 2.45) is 5.41 Å². The van der Waals surface area contributed by atoms with E-state index in [9.17, 15) is 9.50 Å². The van der Waals surface area contributed by atoms with Crippen molar-refractivity contribution >= 4 is 0 Å². The second-order valence-electron chi connectivity index (χ2n) is 5.21. The van der Waals surface area contributed by atoms with Crippen LogP contribution in [0.5, 0.6) is 0 Å². The van der Waals surface area contributed by atoms with Gasteiger partial charge in [-0.2, -0.15) is 0 Å². The summed E-state index contributed by atoms with van der Waals surface area (Å²) < 4.78 is 12.8. The smallest absolute Gasteiger partial charge is 0.123 e. The zero-order valence-electron chi connectivity index (χ0n) is 10.3. The summed E-state index contributed by atoms with van der Waals surface area (Å²) in [6, 6.07) is 6.42. The summed E-state index contributed by atoms with van der Waals surface area (Å²) in [5.41, 5.74) is -0.0753. The topological polar surface area (TPSA) is 20.2 Å². The third-order valence-electron chi connectivity index (χ3n) is 3.50. The number of hydrogen-bond acceptors (Lipinski definition) is 1. The molecule has 1 N–H and O–H groups in total. The number of hydrogen-bond donors (Lipinski definition) is 1. The Morgan fingerprint density at radius 1 is 1.19 bits per heavy atom. The quantitative estimate of drug-likeness (QED) is 0.829. The molecule has 1 aromatic carbocycles. The number of benzene rings is 1. The van der Waals surface area contributed by atoms with Gasteiger partial charge in [0.15, 0.2) is 0 Å². The molecule has 0 saturated heterocycles. The SMILES string of the molecule is [CH2]CC(C)(O)C(C)(C)Cc1ccc(F)cc1. The third-order valence-corrected chi connectivity index (χ3v) is 3.50. The van der Waals surface area contributed by atoms with Crippen LogP contribution in [-0.2, 0) is 6.42 Å². The monoisotopic (exact) mass is 223 g/mol. The molecule has 0 spiro atoms. The molecule has 89 valence electrons. The van der Waals surface area contributed by atoms with E-state index in [1.165, 1.54) is 12.1 Å². The lowest BCUT2D eigenvalue weighted by Crippen LogP contribution is -2.42. The van der Waals surface area contributed by atoms with Crippen LogP contribution in [0.1, 0.15) is 32.8 Å². The zero-order chi connectivity index (χ0) is 12.4. The van der Waals surface area contributed by atoms with E-state index in [1.807, 2.05) is 13.8 Å². The van der Waals surface area contributed by atoms with Gasteiger partial charge in [0.2, 0.25) is 0 Å². The molecule has 1 atom stereocenters. The van der Waals surface area contributed by atoms with Crippen LogP contribution in [0.25, 0.3) is 0 Å². The molecule has 16 heavy (non-hydrogen) atoms. The van der Waals surface area contributed by atoms with Crippen LogP contribution in [0.15, 0.2) is 24.3 Å². The van der Waals surface area contributed by atoms with Gasteiger partial charge in [0.25, 0.3) is 0 Å². The Labute approximate surface area is 97.3 Å². The molecule has 0 aliphatic heterocycles. The van der Waals surface area contributed by atoms with Crippen molar-refractivity contribution in [3.8, 4) is 0 Å². The van der Waals surface area contributed by atoms with Crippen molar-refractivity contribution in [3.63, 3.8) is 0 Å². The van der Waals surface area contributed by atoms with Crippen molar-refractivity contribution in [1.29, 1.82) is 0 Å². The predicted octanol–water partition coefficient (Wildman–Crippen LogP) is 3.37. The Kier molecular flexibility index (Phi) is 3.74. The molecule has 0 aromatic heterocycles. The molecular formula is C14H20FO. The van der Waals surface area contributed by atoms with Gasteiger partial charge in [-0.05, 0) is 42.9 Å². The van der Waals surface area contributed by atoms with Crippen molar-refractivity contribution in [1.82, 2.24) is 0 Å². The number of halogens is 1. The highest BCUT2D eigenvalue weighted by molar-refractivity contribution is 5.18. The second-order valence-corrected chi connectivity index (χ2v) is 5.21. The first-order chi connectivity index (χ1) is 7.28. The molecule has 2 heteroatoms. The summed E-state index contributed by atoms with van der Waals surface area (Å²) in [4.78, 5) is 0. The summed E-state index contributed by atoms with van der Waals surface area (Å²) >= 11 is 0. The van der Waals surface area contributed by atoms with Gasteiger partial charge in [0.1, 0.15) is 5.82 Å². The maximum Gasteiger partial charge on any atom is 0.123 e. The molecule has 1 unspecified atom stereocenters. The van der Waals surface area contributed by atoms with Gasteiger partial charge >= 0.3 is 0 Å². The van der Waals surface area contributed by atoms with E-state index in [0.29, 0.717) is 12.8 Å². The van der Waals surface area contributed by atoms with Crippen molar-refractivity contribution < 1.29 is 9.50 Å². The van der Waals surface area contributed by atoms with Gasteiger partial charge in [0, 0.05) is 0 Å². The molecule has 0 saturated carbocycles. The lowest BCUT2D eigenvalue weighted by atomic mass is 9.71. The molecule has 1 rings (SSSR count). The Morgan fingerprint density at radius 3 is 2.12 bits per heavy atom. The van der Waals surface area contributed by atoms with Crippen LogP contribution in [0.3, 0.4) is 0 Å². The van der Waals surface area contributed by atoms with Crippen LogP contribution in [-0.4, -0.2) is 10.7 Å². The first-order valence-electron chi connectivity index (χ1n) is 5.54. The van der Waals surface area contributed by atoms with E-state index in [2.05, 4.69) is 6.92 Å². The average molecular weight is 223 g/mol. The summed E-state index contributed by atoms with van der Waals surface area (Å²) in [6.07, 6.45) is 1.16. The lowest BCUT2D eigenvalue weighted by molar-refractivity contribution is -0.0489. The highest BCUT2D eigenvalue weighted by Gasteiger charge is 2.37. The molecule has 0 bridgehead atoms. The van der Waals surface area contributed by atoms with Crippen molar-refractivity contribution in [3.05, 3.63) is 42.6 Å². The lowest BCUT2D eigenvalue weighted by Gasteiger charge is -2.39. The van der Waals surface area contributed by atoms with Crippen molar-refractivity contribution in [2.75, 3.05) is 0 Å². The Bertz CT molecular complexity index is 338. The van der Waals surface area contributed by atoms with Gasteiger partial charge in [-0.3, -0.25) is 0 Å². The summed E-state index contributed by atoms with van der Waals surface area (Å²) in [7, 11) is 0. The van der Waals surface area contributed by atoms with Gasteiger partial charge in [0.05, 0.1) is 5.60 Å². The van der Waals surface area contributed by atoms with Crippen molar-refractivity contribution in [2.45, 2.75) is 39.2 Å². The van der Waals surface area contributed by atoms with Crippen LogP contribution in [0.4, 0.5) is 4.39 Å². The van der Waals surface area contributed by atoms with E-state index in [0.717, 1.165) is 5.56 Å². The number of rotatable bonds is 4. The molecule has 0 amide bonds. The predicted molar refractivity (Wildman–Crippen MR) is 64.5 cm³/mol. The fourth-order valence-corrected chi connectivity index (χ4v) is 1.64. The Hall–Kier alpha value is -0.890. The first-order valence-corrected chi connectivity index (χ1v) is 5.54. The summed E-state index contributed by atoms with van der Waals surface area (Å²) in [5.74, 6) is -0.231. The highest BCUT2D eigenvalue weighted by atomic mass is 19.1. The number of aliphatic hydroxyl groups is 1. The molecule has 1 nitrogen and oxygen atoms in total. The molecule has 0 aliphatic carbocycles. The molecule has 1 radical (unpaired) electrons. The maximum absolute atomic E-state index is 12.8. The van der Waals surface area contributed by atoms with E-state index >= 15 is 0 Å². The average Bonchev–Trinajstić information content (AvgIpc) is 2.21. The standard InChI is InChI=1S/C14H20FO/c1-5-14(4,16)13(2,3)10-11-6-8-12(15)9-7-11/h6-9,16H,1,5,10H2,2-4H3. The minimum Gasteiger partial charge on any atom is -0.390 e. The molecule has 1 aromatic rings. The Morgan fingerprint density at radius 2 is 1.69 bits per heavy atom.